The number of anilines is 1. The number of halogens is 3. The largest absolute Gasteiger partial charge is 0.465 e. The molecule has 1 aromatic carbocycles. The summed E-state index contributed by atoms with van der Waals surface area (Å²) < 4.78 is 43.0. The third-order valence-electron chi connectivity index (χ3n) is 4.74. The summed E-state index contributed by atoms with van der Waals surface area (Å²) in [5.41, 5.74) is 7.77. The molecule has 0 bridgehead atoms. The smallest absolute Gasteiger partial charge is 0.416 e. The van der Waals surface area contributed by atoms with Gasteiger partial charge in [0.05, 0.1) is 18.4 Å². The van der Waals surface area contributed by atoms with E-state index in [1.165, 1.54) is 19.2 Å². The fraction of sp³-hybridized carbons (Fsp3) is 0.273. The van der Waals surface area contributed by atoms with E-state index in [0.717, 1.165) is 25.0 Å². The Morgan fingerprint density at radius 1 is 1.10 bits per heavy atom. The van der Waals surface area contributed by atoms with Crippen LogP contribution in [0.2, 0.25) is 0 Å². The molecule has 0 unspecified atom stereocenters. The number of hydrogen-bond donors (Lipinski definition) is 1. The van der Waals surface area contributed by atoms with E-state index in [-0.39, 0.29) is 17.2 Å². The average molecular weight is 430 g/mol. The number of ether oxygens (including phenoxy) is 1. The van der Waals surface area contributed by atoms with E-state index >= 15 is 0 Å². The Kier molecular flexibility index (Phi) is 6.53. The van der Waals surface area contributed by atoms with Crippen LogP contribution in [0.4, 0.5) is 19.0 Å². The first-order chi connectivity index (χ1) is 14.7. The molecule has 6 nitrogen and oxygen atoms in total. The van der Waals surface area contributed by atoms with Gasteiger partial charge in [0.2, 0.25) is 0 Å². The predicted octanol–water partition coefficient (Wildman–Crippen LogP) is 4.94. The fourth-order valence-electron chi connectivity index (χ4n) is 3.05. The van der Waals surface area contributed by atoms with Gasteiger partial charge in [0.25, 0.3) is 0 Å². The van der Waals surface area contributed by atoms with Crippen LogP contribution in [0, 0.1) is 0 Å². The molecule has 2 N–H and O–H groups in total. The van der Waals surface area contributed by atoms with Gasteiger partial charge in [-0.3, -0.25) is 0 Å². The first-order valence-corrected chi connectivity index (χ1v) is 9.62. The molecule has 31 heavy (non-hydrogen) atoms. The number of unbranched alkanes of at least 4 members (excludes halogenated alkanes) is 1. The zero-order valence-corrected chi connectivity index (χ0v) is 17.0. The number of nitrogen functional groups attached to an aromatic ring is 1. The quantitative estimate of drug-likeness (QED) is 0.557. The first-order valence-electron chi connectivity index (χ1n) is 9.62. The van der Waals surface area contributed by atoms with Crippen molar-refractivity contribution in [3.05, 3.63) is 59.5 Å². The zero-order chi connectivity index (χ0) is 22.6. The highest BCUT2D eigenvalue weighted by Crippen LogP contribution is 2.31. The summed E-state index contributed by atoms with van der Waals surface area (Å²) in [5, 5.41) is 0. The van der Waals surface area contributed by atoms with Gasteiger partial charge in [-0.25, -0.2) is 19.7 Å². The number of pyridine rings is 1. The van der Waals surface area contributed by atoms with Gasteiger partial charge in [-0.2, -0.15) is 13.2 Å². The SMILES string of the molecule is CCCCc1nc(N)c(C(=O)OC)cc1-c1cnc(-c2ccc(C(F)(F)F)cc2)nc1. The van der Waals surface area contributed by atoms with Crippen LogP contribution >= 0.6 is 0 Å². The van der Waals surface area contributed by atoms with Crippen LogP contribution in [0.5, 0.6) is 0 Å². The van der Waals surface area contributed by atoms with Crippen molar-refractivity contribution in [3.63, 3.8) is 0 Å². The van der Waals surface area contributed by atoms with Gasteiger partial charge < -0.3 is 10.5 Å². The molecule has 2 aromatic heterocycles. The maximum Gasteiger partial charge on any atom is 0.416 e. The molecule has 0 aliphatic heterocycles. The molecular formula is C22H21F3N4O2. The Balaban J connectivity index is 1.98. The van der Waals surface area contributed by atoms with Crippen LogP contribution in [0.25, 0.3) is 22.5 Å². The molecule has 0 radical (unpaired) electrons. The molecule has 0 aliphatic rings. The molecule has 9 heteroatoms. The topological polar surface area (TPSA) is 91.0 Å². The minimum absolute atomic E-state index is 0.0870. The lowest BCUT2D eigenvalue weighted by molar-refractivity contribution is -0.137. The lowest BCUT2D eigenvalue weighted by Gasteiger charge is -2.13. The van der Waals surface area contributed by atoms with E-state index in [1.807, 2.05) is 6.92 Å². The van der Waals surface area contributed by atoms with Crippen molar-refractivity contribution >= 4 is 11.8 Å². The maximum atomic E-state index is 12.8. The van der Waals surface area contributed by atoms with Crippen LogP contribution in [-0.4, -0.2) is 28.0 Å². The summed E-state index contributed by atoms with van der Waals surface area (Å²) in [6, 6.07) is 6.23. The lowest BCUT2D eigenvalue weighted by Crippen LogP contribution is -2.10. The Labute approximate surface area is 177 Å². The van der Waals surface area contributed by atoms with Crippen molar-refractivity contribution in [3.8, 4) is 22.5 Å². The van der Waals surface area contributed by atoms with Crippen LogP contribution in [0.1, 0.15) is 41.4 Å². The van der Waals surface area contributed by atoms with E-state index in [9.17, 15) is 18.0 Å². The Bertz CT molecular complexity index is 1070. The van der Waals surface area contributed by atoms with Crippen molar-refractivity contribution in [1.29, 1.82) is 0 Å². The van der Waals surface area contributed by atoms with Crippen molar-refractivity contribution < 1.29 is 22.7 Å². The summed E-state index contributed by atoms with van der Waals surface area (Å²) in [6.07, 6.45) is 1.16. The molecule has 0 aliphatic carbocycles. The summed E-state index contributed by atoms with van der Waals surface area (Å²) in [7, 11) is 1.26. The highest BCUT2D eigenvalue weighted by molar-refractivity contribution is 5.95. The van der Waals surface area contributed by atoms with Crippen molar-refractivity contribution in [1.82, 2.24) is 15.0 Å². The minimum Gasteiger partial charge on any atom is -0.465 e. The normalized spacial score (nSPS) is 11.4. The van der Waals surface area contributed by atoms with E-state index < -0.39 is 17.7 Å². The van der Waals surface area contributed by atoms with E-state index in [2.05, 4.69) is 15.0 Å². The fourth-order valence-corrected chi connectivity index (χ4v) is 3.05. The number of nitrogens with zero attached hydrogens (tertiary/aromatic N) is 3. The number of methoxy groups -OCH3 is 1. The number of carbonyl (C=O) groups excluding carboxylic acids is 1. The number of esters is 1. The number of benzene rings is 1. The monoisotopic (exact) mass is 430 g/mol. The number of alkyl halides is 3. The van der Waals surface area contributed by atoms with Gasteiger partial charge in [0.15, 0.2) is 5.82 Å². The van der Waals surface area contributed by atoms with Gasteiger partial charge in [-0.1, -0.05) is 25.5 Å². The Morgan fingerprint density at radius 2 is 1.74 bits per heavy atom. The number of rotatable bonds is 6. The van der Waals surface area contributed by atoms with Crippen LogP contribution in [-0.2, 0) is 17.3 Å². The molecule has 0 amide bonds. The number of aryl methyl sites for hydroxylation is 1. The lowest BCUT2D eigenvalue weighted by atomic mass is 10.0. The minimum atomic E-state index is -4.41. The van der Waals surface area contributed by atoms with Gasteiger partial charge in [0, 0.05) is 29.1 Å². The van der Waals surface area contributed by atoms with E-state index in [1.54, 1.807) is 18.5 Å². The second kappa shape index (κ2) is 9.11. The van der Waals surface area contributed by atoms with E-state index in [4.69, 9.17) is 10.5 Å². The standard InChI is InChI=1S/C22H21F3N4O2/c1-3-4-5-18-16(10-17(19(26)29-18)21(30)31-2)14-11-27-20(28-12-14)13-6-8-15(9-7-13)22(23,24)25/h6-12H,3-5H2,1-2H3,(H2,26,29). The van der Waals surface area contributed by atoms with Crippen molar-refractivity contribution in [2.24, 2.45) is 0 Å². The third-order valence-corrected chi connectivity index (χ3v) is 4.74. The van der Waals surface area contributed by atoms with Crippen molar-refractivity contribution in [2.75, 3.05) is 12.8 Å². The molecular weight excluding hydrogens is 409 g/mol. The highest BCUT2D eigenvalue weighted by atomic mass is 19.4. The first kappa shape index (κ1) is 22.2. The van der Waals surface area contributed by atoms with Gasteiger partial charge >= 0.3 is 12.1 Å². The summed E-state index contributed by atoms with van der Waals surface area (Å²) in [5.74, 6) is -0.233. The summed E-state index contributed by atoms with van der Waals surface area (Å²) in [4.78, 5) is 25.0. The Hall–Kier alpha value is -3.49. The maximum absolute atomic E-state index is 12.8. The molecule has 0 saturated carbocycles. The van der Waals surface area contributed by atoms with Crippen LogP contribution in [0.15, 0.2) is 42.7 Å². The molecule has 3 aromatic rings. The highest BCUT2D eigenvalue weighted by Gasteiger charge is 2.30. The number of carbonyl (C=O) groups is 1. The molecule has 0 saturated heterocycles. The molecule has 0 fully saturated rings. The Morgan fingerprint density at radius 3 is 2.29 bits per heavy atom. The number of aromatic nitrogens is 3. The van der Waals surface area contributed by atoms with Gasteiger partial charge in [0.1, 0.15) is 11.4 Å². The molecule has 3 rings (SSSR count). The van der Waals surface area contributed by atoms with Crippen LogP contribution < -0.4 is 5.73 Å². The van der Waals surface area contributed by atoms with Crippen LogP contribution in [0.3, 0.4) is 0 Å². The van der Waals surface area contributed by atoms with Crippen molar-refractivity contribution in [2.45, 2.75) is 32.4 Å². The number of hydrogen-bond acceptors (Lipinski definition) is 6. The predicted molar refractivity (Wildman–Crippen MR) is 110 cm³/mol. The third kappa shape index (κ3) is 4.99. The number of nitrogens with two attached hydrogens (primary N) is 1. The molecule has 2 heterocycles. The molecule has 162 valence electrons. The van der Waals surface area contributed by atoms with Gasteiger partial charge in [-0.05, 0) is 31.0 Å². The summed E-state index contributed by atoms with van der Waals surface area (Å²) >= 11 is 0. The zero-order valence-electron chi connectivity index (χ0n) is 17.0. The summed E-state index contributed by atoms with van der Waals surface area (Å²) in [6.45, 7) is 2.05. The second-order valence-corrected chi connectivity index (χ2v) is 6.88. The van der Waals surface area contributed by atoms with E-state index in [0.29, 0.717) is 28.8 Å². The molecule has 0 atom stereocenters. The molecule has 0 spiro atoms. The van der Waals surface area contributed by atoms with Gasteiger partial charge in [-0.15, -0.1) is 0 Å². The average Bonchev–Trinajstić information content (AvgIpc) is 2.77. The second-order valence-electron chi connectivity index (χ2n) is 6.88.